The molecule has 0 fully saturated rings. The first-order valence-corrected chi connectivity index (χ1v) is 7.11. The average Bonchev–Trinajstić information content (AvgIpc) is 2.52. The number of carbonyl (C=O) groups is 1. The molecule has 0 amide bonds. The molecule has 2 rings (SSSR count). The van der Waals surface area contributed by atoms with E-state index in [1.807, 2.05) is 0 Å². The molecule has 0 bridgehead atoms. The molecular formula is C17H20O5. The fourth-order valence-electron chi connectivity index (χ4n) is 2.57. The number of hydrogen-bond acceptors (Lipinski definition) is 5. The van der Waals surface area contributed by atoms with Crippen molar-refractivity contribution in [3.63, 3.8) is 0 Å². The van der Waals surface area contributed by atoms with Crippen molar-refractivity contribution in [2.75, 3.05) is 13.7 Å². The Bertz CT molecular complexity index is 600. The molecule has 5 nitrogen and oxygen atoms in total. The highest BCUT2D eigenvalue weighted by Crippen LogP contribution is 2.39. The molecule has 0 aromatic heterocycles. The Morgan fingerprint density at radius 2 is 2.00 bits per heavy atom. The maximum absolute atomic E-state index is 12.2. The largest absolute Gasteiger partial charge is 0.507 e. The molecule has 5 heteroatoms. The second-order valence-electron chi connectivity index (χ2n) is 5.09. The predicted molar refractivity (Wildman–Crippen MR) is 81.8 cm³/mol. The lowest BCUT2D eigenvalue weighted by atomic mass is 9.78. The van der Waals surface area contributed by atoms with Gasteiger partial charge in [-0.25, -0.2) is 4.79 Å². The minimum absolute atomic E-state index is 0.141. The van der Waals surface area contributed by atoms with Crippen LogP contribution in [0, 0.1) is 0 Å². The van der Waals surface area contributed by atoms with Crippen LogP contribution in [0.2, 0.25) is 0 Å². The highest BCUT2D eigenvalue weighted by atomic mass is 16.5. The molecule has 2 atom stereocenters. The zero-order chi connectivity index (χ0) is 16.3. The molecule has 0 saturated carbocycles. The SMILES string of the molecule is C=C1C(O)=C(C(=O)OCC)[C@H](c2ccc(OC)cc2)C[C@H]1O. The van der Waals surface area contributed by atoms with Crippen molar-refractivity contribution >= 4 is 5.97 Å². The van der Waals surface area contributed by atoms with E-state index < -0.39 is 18.0 Å². The Hall–Kier alpha value is -2.27. The van der Waals surface area contributed by atoms with Crippen molar-refractivity contribution in [1.82, 2.24) is 0 Å². The maximum Gasteiger partial charge on any atom is 0.338 e. The topological polar surface area (TPSA) is 76.0 Å². The lowest BCUT2D eigenvalue weighted by Crippen LogP contribution is -2.28. The number of aliphatic hydroxyl groups is 2. The number of carbonyl (C=O) groups excluding carboxylic acids is 1. The summed E-state index contributed by atoms with van der Waals surface area (Å²) in [6, 6.07) is 7.14. The summed E-state index contributed by atoms with van der Waals surface area (Å²) in [6.07, 6.45) is -0.631. The summed E-state index contributed by atoms with van der Waals surface area (Å²) in [7, 11) is 1.57. The van der Waals surface area contributed by atoms with Crippen LogP contribution in [0.1, 0.15) is 24.8 Å². The molecular weight excluding hydrogens is 284 g/mol. The van der Waals surface area contributed by atoms with Crippen molar-refractivity contribution in [2.45, 2.75) is 25.4 Å². The van der Waals surface area contributed by atoms with E-state index >= 15 is 0 Å². The van der Waals surface area contributed by atoms with Crippen LogP contribution >= 0.6 is 0 Å². The Kier molecular flexibility index (Phi) is 4.88. The van der Waals surface area contributed by atoms with E-state index in [1.165, 1.54) is 0 Å². The second-order valence-corrected chi connectivity index (χ2v) is 5.09. The smallest absolute Gasteiger partial charge is 0.338 e. The molecule has 1 aliphatic rings. The molecule has 22 heavy (non-hydrogen) atoms. The summed E-state index contributed by atoms with van der Waals surface area (Å²) in [5, 5.41) is 20.3. The quantitative estimate of drug-likeness (QED) is 0.836. The van der Waals surface area contributed by atoms with Gasteiger partial charge in [-0.1, -0.05) is 18.7 Å². The summed E-state index contributed by atoms with van der Waals surface area (Å²) >= 11 is 0. The molecule has 0 spiro atoms. The normalized spacial score (nSPS) is 21.7. The van der Waals surface area contributed by atoms with Crippen LogP contribution in [0.15, 0.2) is 47.7 Å². The van der Waals surface area contributed by atoms with Crippen molar-refractivity contribution in [2.24, 2.45) is 0 Å². The van der Waals surface area contributed by atoms with Gasteiger partial charge in [0.15, 0.2) is 0 Å². The lowest BCUT2D eigenvalue weighted by molar-refractivity contribution is -0.139. The van der Waals surface area contributed by atoms with Crippen molar-refractivity contribution in [3.05, 3.63) is 53.3 Å². The van der Waals surface area contributed by atoms with Gasteiger partial charge >= 0.3 is 5.97 Å². The summed E-state index contributed by atoms with van der Waals surface area (Å²) in [5.74, 6) is -0.632. The first kappa shape index (κ1) is 16.1. The van der Waals surface area contributed by atoms with Gasteiger partial charge in [-0.15, -0.1) is 0 Å². The second kappa shape index (κ2) is 6.66. The Morgan fingerprint density at radius 3 is 2.55 bits per heavy atom. The van der Waals surface area contributed by atoms with E-state index in [9.17, 15) is 15.0 Å². The molecule has 1 aromatic carbocycles. The van der Waals surface area contributed by atoms with Gasteiger partial charge in [0.1, 0.15) is 11.5 Å². The van der Waals surface area contributed by atoms with Gasteiger partial charge in [0, 0.05) is 11.5 Å². The average molecular weight is 304 g/mol. The van der Waals surface area contributed by atoms with Crippen molar-refractivity contribution in [1.29, 1.82) is 0 Å². The molecule has 1 aliphatic carbocycles. The van der Waals surface area contributed by atoms with Gasteiger partial charge in [-0.05, 0) is 31.0 Å². The fourth-order valence-corrected chi connectivity index (χ4v) is 2.57. The zero-order valence-electron chi connectivity index (χ0n) is 12.7. The number of ether oxygens (including phenoxy) is 2. The van der Waals surface area contributed by atoms with E-state index in [0.717, 1.165) is 5.56 Å². The molecule has 0 heterocycles. The van der Waals surface area contributed by atoms with Crippen LogP contribution in [-0.2, 0) is 9.53 Å². The third-order valence-electron chi connectivity index (χ3n) is 3.78. The maximum atomic E-state index is 12.2. The molecule has 0 saturated heterocycles. The van der Waals surface area contributed by atoms with Crippen LogP contribution in [0.4, 0.5) is 0 Å². The summed E-state index contributed by atoms with van der Waals surface area (Å²) in [6.45, 7) is 5.55. The van der Waals surface area contributed by atoms with Gasteiger partial charge < -0.3 is 19.7 Å². The highest BCUT2D eigenvalue weighted by Gasteiger charge is 2.36. The number of benzene rings is 1. The minimum atomic E-state index is -0.898. The third kappa shape index (κ3) is 2.99. The molecule has 118 valence electrons. The summed E-state index contributed by atoms with van der Waals surface area (Å²) in [4.78, 5) is 12.2. The summed E-state index contributed by atoms with van der Waals surface area (Å²) in [5.41, 5.74) is 1.08. The number of rotatable bonds is 4. The number of esters is 1. The molecule has 0 aliphatic heterocycles. The van der Waals surface area contributed by atoms with Crippen molar-refractivity contribution < 1.29 is 24.5 Å². The van der Waals surface area contributed by atoms with E-state index in [1.54, 1.807) is 38.3 Å². The highest BCUT2D eigenvalue weighted by molar-refractivity contribution is 5.92. The van der Waals surface area contributed by atoms with Crippen LogP contribution in [0.25, 0.3) is 0 Å². The molecule has 0 radical (unpaired) electrons. The molecule has 1 aromatic rings. The van der Waals surface area contributed by atoms with Gasteiger partial charge in [0.2, 0.25) is 0 Å². The Balaban J connectivity index is 2.45. The van der Waals surface area contributed by atoms with E-state index in [4.69, 9.17) is 9.47 Å². The van der Waals surface area contributed by atoms with E-state index in [0.29, 0.717) is 5.75 Å². The van der Waals surface area contributed by atoms with Gasteiger partial charge in [-0.2, -0.15) is 0 Å². The first-order chi connectivity index (χ1) is 10.5. The monoisotopic (exact) mass is 304 g/mol. The first-order valence-electron chi connectivity index (χ1n) is 7.11. The third-order valence-corrected chi connectivity index (χ3v) is 3.78. The van der Waals surface area contributed by atoms with Gasteiger partial charge in [0.05, 0.1) is 25.4 Å². The molecule has 0 unspecified atom stereocenters. The van der Waals surface area contributed by atoms with Crippen LogP contribution in [0.3, 0.4) is 0 Å². The zero-order valence-corrected chi connectivity index (χ0v) is 12.7. The standard InChI is InChI=1S/C17H20O5/c1-4-22-17(20)15-13(9-14(18)10(2)16(15)19)11-5-7-12(21-3)8-6-11/h5-8,13-14,18-19H,2,4,9H2,1,3H3/t13-,14+/m0/s1. The summed E-state index contributed by atoms with van der Waals surface area (Å²) < 4.78 is 10.1. The van der Waals surface area contributed by atoms with E-state index in [-0.39, 0.29) is 29.9 Å². The van der Waals surface area contributed by atoms with Crippen molar-refractivity contribution in [3.8, 4) is 5.75 Å². The number of aliphatic hydroxyl groups excluding tert-OH is 2. The number of methoxy groups -OCH3 is 1. The van der Waals surface area contributed by atoms with Crippen LogP contribution in [-0.4, -0.2) is 36.0 Å². The molecule has 2 N–H and O–H groups in total. The minimum Gasteiger partial charge on any atom is -0.507 e. The number of hydrogen-bond donors (Lipinski definition) is 2. The van der Waals surface area contributed by atoms with Crippen LogP contribution < -0.4 is 4.74 Å². The van der Waals surface area contributed by atoms with Crippen LogP contribution in [0.5, 0.6) is 5.75 Å². The Morgan fingerprint density at radius 1 is 1.36 bits per heavy atom. The van der Waals surface area contributed by atoms with Gasteiger partial charge in [0.25, 0.3) is 0 Å². The van der Waals surface area contributed by atoms with Gasteiger partial charge in [-0.3, -0.25) is 0 Å². The predicted octanol–water partition coefficient (Wildman–Crippen LogP) is 2.47. The Labute approximate surface area is 129 Å². The lowest BCUT2D eigenvalue weighted by Gasteiger charge is -2.29. The van der Waals surface area contributed by atoms with E-state index in [2.05, 4.69) is 6.58 Å². The fraction of sp³-hybridized carbons (Fsp3) is 0.353.